The van der Waals surface area contributed by atoms with Crippen LogP contribution in [0.15, 0.2) is 12.2 Å². The molecule has 20 heavy (non-hydrogen) atoms. The summed E-state index contributed by atoms with van der Waals surface area (Å²) in [5, 5.41) is 8.65. The molecule has 0 aliphatic carbocycles. The number of carbonyl (C=O) groups excluding carboxylic acids is 1. The average molecular weight is 283 g/mol. The Hall–Kier alpha value is -1.32. The minimum absolute atomic E-state index is 0.219. The Bertz CT molecular complexity index is 300. The zero-order valence-corrected chi connectivity index (χ0v) is 12.6. The lowest BCUT2D eigenvalue weighted by Gasteiger charge is -2.04. The Balaban J connectivity index is 3.58. The van der Waals surface area contributed by atoms with Crippen molar-refractivity contribution in [1.29, 1.82) is 0 Å². The zero-order chi connectivity index (χ0) is 15.2. The van der Waals surface area contributed by atoms with Gasteiger partial charge in [-0.1, -0.05) is 64.0 Å². The first-order valence-corrected chi connectivity index (χ1v) is 7.75. The highest BCUT2D eigenvalue weighted by Gasteiger charge is 2.15. The molecule has 0 bridgehead atoms. The van der Waals surface area contributed by atoms with Gasteiger partial charge in [0.15, 0.2) is 0 Å². The van der Waals surface area contributed by atoms with Gasteiger partial charge in [0.2, 0.25) is 5.91 Å². The number of nitrogens with two attached hydrogens (primary N) is 1. The highest BCUT2D eigenvalue weighted by Crippen LogP contribution is 2.11. The molecule has 1 atom stereocenters. The van der Waals surface area contributed by atoms with E-state index in [0.29, 0.717) is 0 Å². The summed E-state index contributed by atoms with van der Waals surface area (Å²) in [4.78, 5) is 21.6. The second kappa shape index (κ2) is 12.7. The van der Waals surface area contributed by atoms with E-state index in [1.54, 1.807) is 6.08 Å². The van der Waals surface area contributed by atoms with E-state index in [4.69, 9.17) is 10.8 Å². The fourth-order valence-corrected chi connectivity index (χ4v) is 2.11. The summed E-state index contributed by atoms with van der Waals surface area (Å²) in [5.41, 5.74) is 5.15. The van der Waals surface area contributed by atoms with Crippen LogP contribution in [0.3, 0.4) is 0 Å². The summed E-state index contributed by atoms with van der Waals surface area (Å²) < 4.78 is 0. The van der Waals surface area contributed by atoms with Crippen molar-refractivity contribution in [2.45, 2.75) is 71.1 Å². The van der Waals surface area contributed by atoms with Crippen molar-refractivity contribution in [3.63, 3.8) is 0 Å². The van der Waals surface area contributed by atoms with Gasteiger partial charge in [-0.05, 0) is 12.8 Å². The fourth-order valence-electron chi connectivity index (χ4n) is 2.11. The normalized spacial score (nSPS) is 12.7. The third-order valence-corrected chi connectivity index (χ3v) is 3.35. The van der Waals surface area contributed by atoms with Gasteiger partial charge in [-0.2, -0.15) is 0 Å². The van der Waals surface area contributed by atoms with Crippen LogP contribution in [0, 0.1) is 5.92 Å². The van der Waals surface area contributed by atoms with Gasteiger partial charge < -0.3 is 10.8 Å². The van der Waals surface area contributed by atoms with Gasteiger partial charge in [-0.15, -0.1) is 0 Å². The maximum atomic E-state index is 11.0. The Morgan fingerprint density at radius 3 is 2.10 bits per heavy atom. The average Bonchev–Trinajstić information content (AvgIpc) is 2.39. The van der Waals surface area contributed by atoms with Gasteiger partial charge in [0.25, 0.3) is 0 Å². The van der Waals surface area contributed by atoms with E-state index in [9.17, 15) is 9.59 Å². The molecule has 0 spiro atoms. The second-order valence-electron chi connectivity index (χ2n) is 5.30. The molecule has 0 fully saturated rings. The predicted octanol–water partition coefficient (Wildman–Crippen LogP) is 3.65. The van der Waals surface area contributed by atoms with Crippen LogP contribution >= 0.6 is 0 Å². The summed E-state index contributed by atoms with van der Waals surface area (Å²) in [6.07, 6.45) is 14.3. The maximum Gasteiger partial charge on any atom is 0.304 e. The molecule has 3 N–H and O–H groups in total. The van der Waals surface area contributed by atoms with E-state index >= 15 is 0 Å². The van der Waals surface area contributed by atoms with Crippen molar-refractivity contribution in [3.05, 3.63) is 12.2 Å². The highest BCUT2D eigenvalue weighted by atomic mass is 16.4. The third kappa shape index (κ3) is 11.8. The fraction of sp³-hybridized carbons (Fsp3) is 0.750. The quantitative estimate of drug-likeness (QED) is 0.400. The SMILES string of the molecule is CCCCCCCCCCC=C[C@H](CC(=O)O)C(N)=O. The first kappa shape index (κ1) is 18.7. The van der Waals surface area contributed by atoms with E-state index in [-0.39, 0.29) is 6.42 Å². The Labute approximate surface area is 122 Å². The number of allylic oxidation sites excluding steroid dienone is 1. The summed E-state index contributed by atoms with van der Waals surface area (Å²) >= 11 is 0. The molecule has 116 valence electrons. The minimum atomic E-state index is -0.995. The third-order valence-electron chi connectivity index (χ3n) is 3.35. The number of unbranched alkanes of at least 4 members (excludes halogenated alkanes) is 8. The Kier molecular flexibility index (Phi) is 11.9. The first-order valence-electron chi connectivity index (χ1n) is 7.75. The Morgan fingerprint density at radius 2 is 1.60 bits per heavy atom. The molecule has 0 aromatic rings. The Morgan fingerprint density at radius 1 is 1.05 bits per heavy atom. The molecular formula is C16H29NO3. The number of rotatable bonds is 13. The van der Waals surface area contributed by atoms with Crippen molar-refractivity contribution in [2.75, 3.05) is 0 Å². The van der Waals surface area contributed by atoms with Crippen molar-refractivity contribution in [2.24, 2.45) is 11.7 Å². The number of amides is 1. The van der Waals surface area contributed by atoms with Crippen LogP contribution in [0.2, 0.25) is 0 Å². The number of carbonyl (C=O) groups is 2. The van der Waals surface area contributed by atoms with Crippen LogP contribution < -0.4 is 5.73 Å². The van der Waals surface area contributed by atoms with Crippen molar-refractivity contribution < 1.29 is 14.7 Å². The molecular weight excluding hydrogens is 254 g/mol. The number of carboxylic acids is 1. The lowest BCUT2D eigenvalue weighted by atomic mass is 10.0. The van der Waals surface area contributed by atoms with Crippen LogP contribution in [0.4, 0.5) is 0 Å². The van der Waals surface area contributed by atoms with Crippen molar-refractivity contribution in [3.8, 4) is 0 Å². The lowest BCUT2D eigenvalue weighted by molar-refractivity contribution is -0.139. The number of aliphatic carboxylic acids is 1. The predicted molar refractivity (Wildman–Crippen MR) is 81.3 cm³/mol. The molecule has 0 unspecified atom stereocenters. The molecule has 0 radical (unpaired) electrons. The van der Waals surface area contributed by atoms with Gasteiger partial charge in [-0.25, -0.2) is 0 Å². The first-order chi connectivity index (χ1) is 9.57. The molecule has 0 aromatic heterocycles. The largest absolute Gasteiger partial charge is 0.481 e. The van der Waals surface area contributed by atoms with Crippen LogP contribution in [-0.4, -0.2) is 17.0 Å². The number of primary amides is 1. The van der Waals surface area contributed by atoms with Gasteiger partial charge in [0.05, 0.1) is 12.3 Å². The molecule has 1 amide bonds. The number of hydrogen-bond acceptors (Lipinski definition) is 2. The molecule has 0 aliphatic heterocycles. The summed E-state index contributed by atoms with van der Waals surface area (Å²) in [6.45, 7) is 2.22. The van der Waals surface area contributed by atoms with E-state index < -0.39 is 17.8 Å². The van der Waals surface area contributed by atoms with E-state index in [2.05, 4.69) is 6.92 Å². The molecule has 0 aromatic carbocycles. The van der Waals surface area contributed by atoms with Gasteiger partial charge in [0, 0.05) is 0 Å². The maximum absolute atomic E-state index is 11.0. The van der Waals surface area contributed by atoms with Crippen molar-refractivity contribution in [1.82, 2.24) is 0 Å². The smallest absolute Gasteiger partial charge is 0.304 e. The monoisotopic (exact) mass is 283 g/mol. The van der Waals surface area contributed by atoms with Crippen LogP contribution in [0.1, 0.15) is 71.1 Å². The summed E-state index contributed by atoms with van der Waals surface area (Å²) in [7, 11) is 0. The summed E-state index contributed by atoms with van der Waals surface area (Å²) in [5.74, 6) is -2.24. The molecule has 0 saturated heterocycles. The standard InChI is InChI=1S/C16H29NO3/c1-2-3-4-5-6-7-8-9-10-11-12-14(16(17)20)13-15(18)19/h11-12,14H,2-10,13H2,1H3,(H2,17,20)(H,18,19)/t14-/m1/s1. The molecule has 0 saturated carbocycles. The van der Waals surface area contributed by atoms with Gasteiger partial charge in [0.1, 0.15) is 0 Å². The summed E-state index contributed by atoms with van der Waals surface area (Å²) in [6, 6.07) is 0. The van der Waals surface area contributed by atoms with Crippen LogP contribution in [0.25, 0.3) is 0 Å². The van der Waals surface area contributed by atoms with Crippen molar-refractivity contribution >= 4 is 11.9 Å². The van der Waals surface area contributed by atoms with Crippen LogP contribution in [0.5, 0.6) is 0 Å². The number of hydrogen-bond donors (Lipinski definition) is 2. The zero-order valence-electron chi connectivity index (χ0n) is 12.6. The topological polar surface area (TPSA) is 80.4 Å². The van der Waals surface area contributed by atoms with E-state index in [0.717, 1.165) is 12.8 Å². The van der Waals surface area contributed by atoms with Crippen LogP contribution in [-0.2, 0) is 9.59 Å². The molecule has 0 heterocycles. The van der Waals surface area contributed by atoms with Gasteiger partial charge in [-0.3, -0.25) is 9.59 Å². The lowest BCUT2D eigenvalue weighted by Crippen LogP contribution is -2.23. The van der Waals surface area contributed by atoms with Gasteiger partial charge >= 0.3 is 5.97 Å². The highest BCUT2D eigenvalue weighted by molar-refractivity contribution is 5.83. The minimum Gasteiger partial charge on any atom is -0.481 e. The molecule has 4 nitrogen and oxygen atoms in total. The molecule has 4 heteroatoms. The number of carboxylic acid groups (broad SMARTS) is 1. The second-order valence-corrected chi connectivity index (χ2v) is 5.30. The molecule has 0 rings (SSSR count). The van der Waals surface area contributed by atoms with E-state index in [1.165, 1.54) is 44.9 Å². The van der Waals surface area contributed by atoms with E-state index in [1.807, 2.05) is 6.08 Å². The molecule has 0 aliphatic rings.